The second-order valence-corrected chi connectivity index (χ2v) is 4.21. The molecule has 16 heavy (non-hydrogen) atoms. The predicted octanol–water partition coefficient (Wildman–Crippen LogP) is 5.12. The minimum Gasteiger partial charge on any atom is -0.0877 e. The van der Waals surface area contributed by atoms with Crippen LogP contribution in [0.15, 0.2) is 58.7 Å². The monoisotopic (exact) mass is 214 g/mol. The summed E-state index contributed by atoms with van der Waals surface area (Å²) in [5.41, 5.74) is 5.61. The molecule has 0 aromatic heterocycles. The Bertz CT molecular complexity index is 384. The molecule has 0 aromatic rings. The Balaban J connectivity index is 2.92. The van der Waals surface area contributed by atoms with Gasteiger partial charge in [-0.2, -0.15) is 0 Å². The normalized spacial score (nSPS) is 18.8. The summed E-state index contributed by atoms with van der Waals surface area (Å²) >= 11 is 0. The van der Waals surface area contributed by atoms with Gasteiger partial charge in [0.1, 0.15) is 0 Å². The van der Waals surface area contributed by atoms with Crippen LogP contribution in [0.2, 0.25) is 0 Å². The molecule has 0 spiro atoms. The molecule has 1 rings (SSSR count). The van der Waals surface area contributed by atoms with Crippen LogP contribution in [0.3, 0.4) is 0 Å². The zero-order valence-corrected chi connectivity index (χ0v) is 10.9. The molecule has 0 fully saturated rings. The predicted molar refractivity (Wildman–Crippen MR) is 73.4 cm³/mol. The summed E-state index contributed by atoms with van der Waals surface area (Å²) in [5, 5.41) is 0. The summed E-state index contributed by atoms with van der Waals surface area (Å²) < 4.78 is 0. The summed E-state index contributed by atoms with van der Waals surface area (Å²) in [5.74, 6) is 0. The van der Waals surface area contributed by atoms with Crippen molar-refractivity contribution in [1.29, 1.82) is 0 Å². The second kappa shape index (κ2) is 6.32. The molecule has 0 aliphatic heterocycles. The van der Waals surface area contributed by atoms with Crippen molar-refractivity contribution >= 4 is 0 Å². The Morgan fingerprint density at radius 2 is 1.94 bits per heavy atom. The molecule has 86 valence electrons. The van der Waals surface area contributed by atoms with Crippen molar-refractivity contribution in [2.75, 3.05) is 0 Å². The third-order valence-electron chi connectivity index (χ3n) is 3.04. The number of allylic oxidation sites excluding steroid dienone is 10. The Morgan fingerprint density at radius 1 is 1.19 bits per heavy atom. The lowest BCUT2D eigenvalue weighted by molar-refractivity contribution is 0.953. The van der Waals surface area contributed by atoms with Gasteiger partial charge in [0, 0.05) is 0 Å². The average molecular weight is 214 g/mol. The second-order valence-electron chi connectivity index (χ2n) is 4.21. The van der Waals surface area contributed by atoms with Gasteiger partial charge in [0.25, 0.3) is 0 Å². The van der Waals surface area contributed by atoms with E-state index >= 15 is 0 Å². The summed E-state index contributed by atoms with van der Waals surface area (Å²) in [6.07, 6.45) is 15.5. The van der Waals surface area contributed by atoms with E-state index in [0.29, 0.717) is 0 Å². The number of hydrogen-bond acceptors (Lipinski definition) is 0. The SMILES string of the molecule is C/C=C\C=C(/C)C1=CCCC(/C(C)=C/C)=C1. The third-order valence-corrected chi connectivity index (χ3v) is 3.04. The first-order valence-electron chi connectivity index (χ1n) is 6.03. The highest BCUT2D eigenvalue weighted by Gasteiger charge is 2.07. The summed E-state index contributed by atoms with van der Waals surface area (Å²) in [4.78, 5) is 0. The van der Waals surface area contributed by atoms with E-state index in [-0.39, 0.29) is 0 Å². The lowest BCUT2D eigenvalue weighted by Crippen LogP contribution is -1.95. The molecule has 0 N–H and O–H groups in total. The van der Waals surface area contributed by atoms with E-state index in [4.69, 9.17) is 0 Å². The maximum absolute atomic E-state index is 2.34. The highest BCUT2D eigenvalue weighted by atomic mass is 14.1. The van der Waals surface area contributed by atoms with Gasteiger partial charge in [-0.1, -0.05) is 42.0 Å². The molecule has 0 aromatic carbocycles. The smallest absolute Gasteiger partial charge is 0.0241 e. The number of rotatable bonds is 3. The van der Waals surface area contributed by atoms with E-state index in [2.05, 4.69) is 57.2 Å². The lowest BCUT2D eigenvalue weighted by atomic mass is 9.91. The fourth-order valence-electron chi connectivity index (χ4n) is 1.81. The number of hydrogen-bond donors (Lipinski definition) is 0. The molecule has 0 atom stereocenters. The van der Waals surface area contributed by atoms with Crippen LogP contribution in [0.5, 0.6) is 0 Å². The highest BCUT2D eigenvalue weighted by Crippen LogP contribution is 2.26. The molecule has 0 nitrogen and oxygen atoms in total. The van der Waals surface area contributed by atoms with Crippen LogP contribution in [0.4, 0.5) is 0 Å². The van der Waals surface area contributed by atoms with Crippen LogP contribution in [0.25, 0.3) is 0 Å². The van der Waals surface area contributed by atoms with Crippen molar-refractivity contribution < 1.29 is 0 Å². The fourth-order valence-corrected chi connectivity index (χ4v) is 1.81. The molecule has 1 aliphatic rings. The van der Waals surface area contributed by atoms with Crippen LogP contribution in [0, 0.1) is 0 Å². The summed E-state index contributed by atoms with van der Waals surface area (Å²) in [6.45, 7) is 8.52. The van der Waals surface area contributed by atoms with Gasteiger partial charge in [0.05, 0.1) is 0 Å². The van der Waals surface area contributed by atoms with Gasteiger partial charge in [0.2, 0.25) is 0 Å². The van der Waals surface area contributed by atoms with Crippen molar-refractivity contribution in [2.24, 2.45) is 0 Å². The molecule has 0 heterocycles. The summed E-state index contributed by atoms with van der Waals surface area (Å²) in [6, 6.07) is 0. The molecule has 0 bridgehead atoms. The van der Waals surface area contributed by atoms with Crippen LogP contribution in [-0.2, 0) is 0 Å². The van der Waals surface area contributed by atoms with Gasteiger partial charge in [-0.25, -0.2) is 0 Å². The molecule has 0 radical (unpaired) electrons. The Hall–Kier alpha value is -1.30. The van der Waals surface area contributed by atoms with E-state index < -0.39 is 0 Å². The molecule has 0 heteroatoms. The Labute approximate surface area is 99.8 Å². The lowest BCUT2D eigenvalue weighted by Gasteiger charge is -2.14. The first-order chi connectivity index (χ1) is 7.69. The van der Waals surface area contributed by atoms with Crippen molar-refractivity contribution in [3.05, 3.63) is 58.7 Å². The third kappa shape index (κ3) is 3.37. The minimum atomic E-state index is 1.16. The standard InChI is InChI=1S/C16H22/c1-5-7-9-14(4)16-11-8-10-15(12-16)13(3)6-2/h5-7,9,11-12H,8,10H2,1-4H3/b7-5-,13-6+,14-9+. The maximum Gasteiger partial charge on any atom is -0.0241 e. The molecule has 0 saturated carbocycles. The largest absolute Gasteiger partial charge is 0.0877 e. The summed E-state index contributed by atoms with van der Waals surface area (Å²) in [7, 11) is 0. The molecule has 1 aliphatic carbocycles. The van der Waals surface area contributed by atoms with Gasteiger partial charge in [-0.05, 0) is 57.3 Å². The van der Waals surface area contributed by atoms with Gasteiger partial charge in [0.15, 0.2) is 0 Å². The van der Waals surface area contributed by atoms with Gasteiger partial charge < -0.3 is 0 Å². The van der Waals surface area contributed by atoms with E-state index in [1.54, 1.807) is 0 Å². The van der Waals surface area contributed by atoms with Crippen LogP contribution in [-0.4, -0.2) is 0 Å². The molecule has 0 saturated heterocycles. The quantitative estimate of drug-likeness (QED) is 0.572. The zero-order valence-electron chi connectivity index (χ0n) is 10.9. The molecular formula is C16H22. The highest BCUT2D eigenvalue weighted by molar-refractivity contribution is 5.48. The maximum atomic E-state index is 2.34. The topological polar surface area (TPSA) is 0 Å². The molecular weight excluding hydrogens is 192 g/mol. The van der Waals surface area contributed by atoms with Crippen LogP contribution >= 0.6 is 0 Å². The zero-order chi connectivity index (χ0) is 12.0. The van der Waals surface area contributed by atoms with Gasteiger partial charge >= 0.3 is 0 Å². The van der Waals surface area contributed by atoms with Gasteiger partial charge in [-0.3, -0.25) is 0 Å². The first-order valence-corrected chi connectivity index (χ1v) is 6.03. The van der Waals surface area contributed by atoms with Crippen LogP contribution < -0.4 is 0 Å². The van der Waals surface area contributed by atoms with E-state index in [1.807, 2.05) is 6.92 Å². The van der Waals surface area contributed by atoms with E-state index in [0.717, 1.165) is 6.42 Å². The van der Waals surface area contributed by atoms with Crippen molar-refractivity contribution in [1.82, 2.24) is 0 Å². The van der Waals surface area contributed by atoms with Crippen molar-refractivity contribution in [3.8, 4) is 0 Å². The Kier molecular flexibility index (Phi) is 5.04. The molecule has 0 unspecified atom stereocenters. The molecule has 0 amide bonds. The average Bonchev–Trinajstić information content (AvgIpc) is 2.35. The Morgan fingerprint density at radius 3 is 2.56 bits per heavy atom. The van der Waals surface area contributed by atoms with Crippen molar-refractivity contribution in [2.45, 2.75) is 40.5 Å². The van der Waals surface area contributed by atoms with Crippen LogP contribution in [0.1, 0.15) is 40.5 Å². The minimum absolute atomic E-state index is 1.16. The fraction of sp³-hybridized carbons (Fsp3) is 0.375. The van der Waals surface area contributed by atoms with Crippen molar-refractivity contribution in [3.63, 3.8) is 0 Å². The first kappa shape index (κ1) is 12.8. The van der Waals surface area contributed by atoms with Gasteiger partial charge in [-0.15, -0.1) is 0 Å². The van der Waals surface area contributed by atoms with E-state index in [1.165, 1.54) is 28.7 Å². The van der Waals surface area contributed by atoms with E-state index in [9.17, 15) is 0 Å².